The Morgan fingerprint density at radius 3 is 3.08 bits per heavy atom. The largest absolute Gasteiger partial charge is 0.327 e. The Morgan fingerprint density at radius 1 is 1.42 bits per heavy atom. The molecule has 0 heterocycles. The first-order chi connectivity index (χ1) is 5.79. The van der Waals surface area contributed by atoms with Crippen molar-refractivity contribution in [3.63, 3.8) is 0 Å². The molecule has 0 amide bonds. The third-order valence-electron chi connectivity index (χ3n) is 3.18. The van der Waals surface area contributed by atoms with Crippen molar-refractivity contribution >= 4 is 11.6 Å². The van der Waals surface area contributed by atoms with E-state index in [1.54, 1.807) is 0 Å². The van der Waals surface area contributed by atoms with Crippen molar-refractivity contribution in [1.29, 1.82) is 0 Å². The minimum atomic E-state index is 0.413. The average molecular weight is 180 g/mol. The molecule has 2 N–H and O–H groups in total. The monoisotopic (exact) mass is 179 g/mol. The molecule has 3 atom stereocenters. The van der Waals surface area contributed by atoms with Gasteiger partial charge in [-0.05, 0) is 29.5 Å². The second kappa shape index (κ2) is 2.04. The molecule has 0 bridgehead atoms. The van der Waals surface area contributed by atoms with Gasteiger partial charge in [-0.1, -0.05) is 23.7 Å². The number of fused-ring (bicyclic) bond motifs is 3. The molecule has 0 radical (unpaired) electrons. The van der Waals surface area contributed by atoms with Crippen molar-refractivity contribution in [3.05, 3.63) is 34.3 Å². The third-order valence-corrected chi connectivity index (χ3v) is 3.54. The highest BCUT2D eigenvalue weighted by Crippen LogP contribution is 2.56. The Hall–Kier alpha value is -0.530. The molecule has 1 nitrogen and oxygen atoms in total. The zero-order valence-corrected chi connectivity index (χ0v) is 7.38. The lowest BCUT2D eigenvalue weighted by Crippen LogP contribution is -2.08. The second-order valence-corrected chi connectivity index (χ2v) is 4.19. The van der Waals surface area contributed by atoms with Crippen LogP contribution in [0.25, 0.3) is 0 Å². The molecule has 1 aromatic carbocycles. The normalized spacial score (nSPS) is 36.0. The third kappa shape index (κ3) is 0.686. The molecule has 0 saturated heterocycles. The molecule has 0 unspecified atom stereocenters. The van der Waals surface area contributed by atoms with Crippen LogP contribution in [0.1, 0.15) is 17.0 Å². The summed E-state index contributed by atoms with van der Waals surface area (Å²) in [6.07, 6.45) is 1.10. The van der Waals surface area contributed by atoms with Crippen LogP contribution in [0, 0.1) is 5.92 Å². The van der Waals surface area contributed by atoms with E-state index in [1.807, 2.05) is 12.1 Å². The molecule has 1 saturated carbocycles. The standard InChI is InChI=1S/C10H10ClN/c11-8-3-1-2-5-6(8)4-7-9(5)10(7)12/h1-3,7,9-10H,4,12H2/t7-,9+,10+/m0/s1. The van der Waals surface area contributed by atoms with Crippen LogP contribution in [0.2, 0.25) is 5.02 Å². The fourth-order valence-corrected chi connectivity index (χ4v) is 2.70. The van der Waals surface area contributed by atoms with Crippen LogP contribution >= 0.6 is 11.6 Å². The number of halogens is 1. The summed E-state index contributed by atoms with van der Waals surface area (Å²) in [7, 11) is 0. The van der Waals surface area contributed by atoms with Gasteiger partial charge in [-0.3, -0.25) is 0 Å². The van der Waals surface area contributed by atoms with Gasteiger partial charge in [-0.2, -0.15) is 0 Å². The van der Waals surface area contributed by atoms with Crippen LogP contribution in [-0.4, -0.2) is 6.04 Å². The predicted octanol–water partition coefficient (Wildman–Crippen LogP) is 1.94. The van der Waals surface area contributed by atoms with Gasteiger partial charge in [0.1, 0.15) is 0 Å². The quantitative estimate of drug-likeness (QED) is 0.647. The Bertz CT molecular complexity index is 348. The van der Waals surface area contributed by atoms with Crippen LogP contribution in [0.5, 0.6) is 0 Å². The van der Waals surface area contributed by atoms with Crippen LogP contribution < -0.4 is 5.73 Å². The van der Waals surface area contributed by atoms with Crippen LogP contribution in [0.15, 0.2) is 18.2 Å². The lowest BCUT2D eigenvalue weighted by Gasteiger charge is -2.05. The van der Waals surface area contributed by atoms with Gasteiger partial charge < -0.3 is 5.73 Å². The summed E-state index contributed by atoms with van der Waals surface area (Å²) in [4.78, 5) is 0. The lowest BCUT2D eigenvalue weighted by atomic mass is 10.1. The number of nitrogens with two attached hydrogens (primary N) is 1. The van der Waals surface area contributed by atoms with E-state index >= 15 is 0 Å². The molecule has 1 fully saturated rings. The van der Waals surface area contributed by atoms with Crippen molar-refractivity contribution < 1.29 is 0 Å². The van der Waals surface area contributed by atoms with Crippen molar-refractivity contribution in [2.45, 2.75) is 18.4 Å². The number of hydrogen-bond donors (Lipinski definition) is 1. The van der Waals surface area contributed by atoms with E-state index in [9.17, 15) is 0 Å². The van der Waals surface area contributed by atoms with E-state index in [4.69, 9.17) is 17.3 Å². The summed E-state index contributed by atoms with van der Waals surface area (Å²) in [5.41, 5.74) is 8.64. The van der Waals surface area contributed by atoms with Gasteiger partial charge in [0.2, 0.25) is 0 Å². The highest BCUT2D eigenvalue weighted by Gasteiger charge is 2.53. The van der Waals surface area contributed by atoms with Gasteiger partial charge in [0, 0.05) is 17.0 Å². The first kappa shape index (κ1) is 6.93. The molecular weight excluding hydrogens is 170 g/mol. The fraction of sp³-hybridized carbons (Fsp3) is 0.400. The second-order valence-electron chi connectivity index (χ2n) is 3.78. The van der Waals surface area contributed by atoms with E-state index in [2.05, 4.69) is 6.07 Å². The molecular formula is C10H10ClN. The van der Waals surface area contributed by atoms with Gasteiger partial charge in [-0.15, -0.1) is 0 Å². The van der Waals surface area contributed by atoms with E-state index in [0.29, 0.717) is 17.9 Å². The van der Waals surface area contributed by atoms with Gasteiger partial charge in [0.15, 0.2) is 0 Å². The van der Waals surface area contributed by atoms with Crippen LogP contribution in [0.3, 0.4) is 0 Å². The van der Waals surface area contributed by atoms with Crippen LogP contribution in [0.4, 0.5) is 0 Å². The van der Waals surface area contributed by atoms with Crippen LogP contribution in [-0.2, 0) is 6.42 Å². The maximum atomic E-state index is 6.06. The van der Waals surface area contributed by atoms with Gasteiger partial charge in [0.25, 0.3) is 0 Å². The van der Waals surface area contributed by atoms with Crippen molar-refractivity contribution in [2.75, 3.05) is 0 Å². The average Bonchev–Trinajstić information content (AvgIpc) is 2.57. The zero-order valence-electron chi connectivity index (χ0n) is 6.63. The first-order valence-electron chi connectivity index (χ1n) is 4.32. The first-order valence-corrected chi connectivity index (χ1v) is 4.69. The minimum absolute atomic E-state index is 0.413. The van der Waals surface area contributed by atoms with E-state index in [1.165, 1.54) is 11.1 Å². The summed E-state index contributed by atoms with van der Waals surface area (Å²) in [6.45, 7) is 0. The number of benzene rings is 1. The molecule has 1 aromatic rings. The topological polar surface area (TPSA) is 26.0 Å². The highest BCUT2D eigenvalue weighted by molar-refractivity contribution is 6.31. The molecule has 0 aliphatic heterocycles. The summed E-state index contributed by atoms with van der Waals surface area (Å²) in [5.74, 6) is 1.32. The Balaban J connectivity index is 2.16. The zero-order chi connectivity index (χ0) is 8.29. The molecule has 3 rings (SSSR count). The van der Waals surface area contributed by atoms with Crippen molar-refractivity contribution in [2.24, 2.45) is 11.7 Å². The molecule has 2 heteroatoms. The number of rotatable bonds is 0. The summed E-state index contributed by atoms with van der Waals surface area (Å²) >= 11 is 6.06. The maximum Gasteiger partial charge on any atom is 0.0440 e. The fourth-order valence-electron chi connectivity index (χ4n) is 2.44. The van der Waals surface area contributed by atoms with E-state index < -0.39 is 0 Å². The Kier molecular flexibility index (Phi) is 1.18. The molecule has 2 aliphatic rings. The SMILES string of the molecule is N[C@@H]1[C@H]2Cc3c(Cl)cccc3[C@@H]12. The molecule has 0 spiro atoms. The van der Waals surface area contributed by atoms with Gasteiger partial charge in [0.05, 0.1) is 0 Å². The maximum absolute atomic E-state index is 6.06. The predicted molar refractivity (Wildman–Crippen MR) is 49.4 cm³/mol. The van der Waals surface area contributed by atoms with E-state index in [0.717, 1.165) is 11.4 Å². The Morgan fingerprint density at radius 2 is 2.25 bits per heavy atom. The number of hydrogen-bond acceptors (Lipinski definition) is 1. The highest BCUT2D eigenvalue weighted by atomic mass is 35.5. The minimum Gasteiger partial charge on any atom is -0.327 e. The molecule has 62 valence electrons. The summed E-state index contributed by atoms with van der Waals surface area (Å²) in [6, 6.07) is 6.57. The summed E-state index contributed by atoms with van der Waals surface area (Å²) < 4.78 is 0. The smallest absolute Gasteiger partial charge is 0.0440 e. The molecule has 0 aromatic heterocycles. The van der Waals surface area contributed by atoms with E-state index in [-0.39, 0.29) is 0 Å². The summed E-state index contributed by atoms with van der Waals surface area (Å²) in [5, 5.41) is 0.923. The van der Waals surface area contributed by atoms with Crippen molar-refractivity contribution in [3.8, 4) is 0 Å². The van der Waals surface area contributed by atoms with Crippen molar-refractivity contribution in [1.82, 2.24) is 0 Å². The van der Waals surface area contributed by atoms with Gasteiger partial charge >= 0.3 is 0 Å². The lowest BCUT2D eigenvalue weighted by molar-refractivity contribution is 0.801. The Labute approximate surface area is 76.5 Å². The molecule has 2 aliphatic carbocycles. The van der Waals surface area contributed by atoms with Gasteiger partial charge in [-0.25, -0.2) is 0 Å². The molecule has 12 heavy (non-hydrogen) atoms.